The molecule has 1 saturated carbocycles. The maximum absolute atomic E-state index is 14.6. The standard InChI is InChI=1S/C20H18F4O/c1-2-25-16-11-10-15(19(23)20(16)24)14-9-8-13(17(21)18(14)22)12-6-4-3-5-7-12/h2,8-12H,1,3-7H2. The molecular formula is C20H18F4O. The molecule has 3 rings (SSSR count). The number of rotatable bonds is 4. The lowest BCUT2D eigenvalue weighted by atomic mass is 9.83. The average Bonchev–Trinajstić information content (AvgIpc) is 2.63. The first kappa shape index (κ1) is 17.5. The van der Waals surface area contributed by atoms with Crippen molar-refractivity contribution in [1.82, 2.24) is 0 Å². The Morgan fingerprint density at radius 3 is 2.04 bits per heavy atom. The zero-order valence-electron chi connectivity index (χ0n) is 13.6. The summed E-state index contributed by atoms with van der Waals surface area (Å²) in [5.74, 6) is -5.08. The van der Waals surface area contributed by atoms with Gasteiger partial charge in [0.25, 0.3) is 0 Å². The number of hydrogen-bond acceptors (Lipinski definition) is 1. The minimum absolute atomic E-state index is 0.0257. The molecule has 0 aromatic heterocycles. The molecule has 0 heterocycles. The van der Waals surface area contributed by atoms with Crippen LogP contribution in [0, 0.1) is 23.3 Å². The summed E-state index contributed by atoms with van der Waals surface area (Å²) in [5, 5.41) is 0. The highest BCUT2D eigenvalue weighted by Gasteiger charge is 2.25. The molecule has 25 heavy (non-hydrogen) atoms. The molecule has 0 aliphatic heterocycles. The highest BCUT2D eigenvalue weighted by Crippen LogP contribution is 2.38. The lowest BCUT2D eigenvalue weighted by molar-refractivity contribution is 0.414. The average molecular weight is 350 g/mol. The van der Waals surface area contributed by atoms with Crippen molar-refractivity contribution in [3.63, 3.8) is 0 Å². The summed E-state index contributed by atoms with van der Waals surface area (Å²) in [7, 11) is 0. The Balaban J connectivity index is 2.02. The molecule has 1 aliphatic rings. The van der Waals surface area contributed by atoms with Crippen LogP contribution < -0.4 is 4.74 Å². The van der Waals surface area contributed by atoms with Gasteiger partial charge in [0, 0.05) is 11.1 Å². The molecule has 0 N–H and O–H groups in total. The quantitative estimate of drug-likeness (QED) is 0.453. The molecule has 132 valence electrons. The maximum atomic E-state index is 14.6. The van der Waals surface area contributed by atoms with E-state index in [1.807, 2.05) is 0 Å². The Morgan fingerprint density at radius 2 is 1.40 bits per heavy atom. The van der Waals surface area contributed by atoms with E-state index in [9.17, 15) is 17.6 Å². The molecule has 0 unspecified atom stereocenters. The van der Waals surface area contributed by atoms with Gasteiger partial charge in [-0.2, -0.15) is 4.39 Å². The fourth-order valence-electron chi connectivity index (χ4n) is 3.42. The van der Waals surface area contributed by atoms with E-state index >= 15 is 0 Å². The van der Waals surface area contributed by atoms with Crippen LogP contribution in [-0.2, 0) is 0 Å². The van der Waals surface area contributed by atoms with Gasteiger partial charge in [-0.3, -0.25) is 0 Å². The Hall–Kier alpha value is -2.30. The van der Waals surface area contributed by atoms with Crippen LogP contribution in [0.3, 0.4) is 0 Å². The number of ether oxygens (including phenoxy) is 1. The first-order chi connectivity index (χ1) is 12.0. The third-order valence-corrected chi connectivity index (χ3v) is 4.70. The lowest BCUT2D eigenvalue weighted by Crippen LogP contribution is -2.08. The van der Waals surface area contributed by atoms with Crippen LogP contribution in [0.4, 0.5) is 17.6 Å². The summed E-state index contributed by atoms with van der Waals surface area (Å²) in [6.07, 6.45) is 5.65. The van der Waals surface area contributed by atoms with Crippen LogP contribution >= 0.6 is 0 Å². The molecule has 5 heteroatoms. The molecule has 0 spiro atoms. The summed E-state index contributed by atoms with van der Waals surface area (Å²) in [6, 6.07) is 5.11. The van der Waals surface area contributed by atoms with Crippen LogP contribution in [0.25, 0.3) is 11.1 Å². The molecule has 2 aromatic rings. The van der Waals surface area contributed by atoms with E-state index in [2.05, 4.69) is 6.58 Å². The first-order valence-corrected chi connectivity index (χ1v) is 8.28. The highest BCUT2D eigenvalue weighted by atomic mass is 19.2. The second-order valence-corrected chi connectivity index (χ2v) is 6.19. The summed E-state index contributed by atoms with van der Waals surface area (Å²) in [4.78, 5) is 0. The smallest absolute Gasteiger partial charge is 0.201 e. The minimum Gasteiger partial charge on any atom is -0.462 e. The van der Waals surface area contributed by atoms with Crippen molar-refractivity contribution < 1.29 is 22.3 Å². The van der Waals surface area contributed by atoms with E-state index in [1.54, 1.807) is 0 Å². The van der Waals surface area contributed by atoms with Crippen LogP contribution in [0.5, 0.6) is 5.75 Å². The third-order valence-electron chi connectivity index (χ3n) is 4.70. The summed E-state index contributed by atoms with van der Waals surface area (Å²) < 4.78 is 62.1. The van der Waals surface area contributed by atoms with Gasteiger partial charge in [-0.25, -0.2) is 13.2 Å². The topological polar surface area (TPSA) is 9.23 Å². The first-order valence-electron chi connectivity index (χ1n) is 8.28. The van der Waals surface area contributed by atoms with Gasteiger partial charge in [-0.15, -0.1) is 0 Å². The minimum atomic E-state index is -1.29. The van der Waals surface area contributed by atoms with Gasteiger partial charge in [0.05, 0.1) is 6.26 Å². The monoisotopic (exact) mass is 350 g/mol. The third kappa shape index (κ3) is 3.28. The second kappa shape index (κ2) is 7.30. The van der Waals surface area contributed by atoms with Gasteiger partial charge >= 0.3 is 0 Å². The van der Waals surface area contributed by atoms with E-state index in [4.69, 9.17) is 4.74 Å². The Kier molecular flexibility index (Phi) is 5.11. The normalized spacial score (nSPS) is 15.2. The van der Waals surface area contributed by atoms with E-state index in [-0.39, 0.29) is 22.8 Å². The highest BCUT2D eigenvalue weighted by molar-refractivity contribution is 5.66. The van der Waals surface area contributed by atoms with E-state index < -0.39 is 23.3 Å². The molecule has 1 aliphatic carbocycles. The number of halogens is 4. The zero-order chi connectivity index (χ0) is 18.0. The van der Waals surface area contributed by atoms with E-state index in [1.165, 1.54) is 12.1 Å². The molecule has 1 fully saturated rings. The predicted octanol–water partition coefficient (Wildman–Crippen LogP) is 6.48. The number of benzene rings is 2. The second-order valence-electron chi connectivity index (χ2n) is 6.19. The van der Waals surface area contributed by atoms with Crippen molar-refractivity contribution in [2.75, 3.05) is 0 Å². The van der Waals surface area contributed by atoms with Gasteiger partial charge in [0.2, 0.25) is 5.82 Å². The molecule has 1 nitrogen and oxygen atoms in total. The Bertz CT molecular complexity index is 795. The van der Waals surface area contributed by atoms with Crippen molar-refractivity contribution in [2.45, 2.75) is 38.0 Å². The lowest BCUT2D eigenvalue weighted by Gasteiger charge is -2.23. The van der Waals surface area contributed by atoms with E-state index in [0.717, 1.165) is 50.5 Å². The van der Waals surface area contributed by atoms with Gasteiger partial charge < -0.3 is 4.74 Å². The van der Waals surface area contributed by atoms with Crippen LogP contribution in [-0.4, -0.2) is 0 Å². The fraction of sp³-hybridized carbons (Fsp3) is 0.300. The zero-order valence-corrected chi connectivity index (χ0v) is 13.6. The fourth-order valence-corrected chi connectivity index (χ4v) is 3.42. The van der Waals surface area contributed by atoms with Crippen LogP contribution in [0.15, 0.2) is 37.1 Å². The van der Waals surface area contributed by atoms with Gasteiger partial charge in [-0.1, -0.05) is 38.0 Å². The Labute approximate surface area is 143 Å². The predicted molar refractivity (Wildman–Crippen MR) is 88.4 cm³/mol. The van der Waals surface area contributed by atoms with Gasteiger partial charge in [0.1, 0.15) is 0 Å². The van der Waals surface area contributed by atoms with Crippen molar-refractivity contribution in [1.29, 1.82) is 0 Å². The van der Waals surface area contributed by atoms with Gasteiger partial charge in [-0.05, 0) is 36.5 Å². The van der Waals surface area contributed by atoms with Crippen molar-refractivity contribution >= 4 is 0 Å². The summed E-state index contributed by atoms with van der Waals surface area (Å²) in [6.45, 7) is 3.27. The summed E-state index contributed by atoms with van der Waals surface area (Å²) in [5.41, 5.74) is -0.340. The molecule has 0 atom stereocenters. The van der Waals surface area contributed by atoms with Crippen molar-refractivity contribution in [3.8, 4) is 16.9 Å². The number of hydrogen-bond donors (Lipinski definition) is 0. The van der Waals surface area contributed by atoms with Crippen LogP contribution in [0.2, 0.25) is 0 Å². The van der Waals surface area contributed by atoms with Crippen LogP contribution in [0.1, 0.15) is 43.6 Å². The molecular weight excluding hydrogens is 332 g/mol. The molecule has 0 amide bonds. The maximum Gasteiger partial charge on any atom is 0.201 e. The van der Waals surface area contributed by atoms with Crippen molar-refractivity contribution in [3.05, 3.63) is 65.9 Å². The molecule has 2 aromatic carbocycles. The SMILES string of the molecule is C=COc1ccc(-c2ccc(C3CCCCC3)c(F)c2F)c(F)c1F. The summed E-state index contributed by atoms with van der Waals surface area (Å²) >= 11 is 0. The van der Waals surface area contributed by atoms with Gasteiger partial charge in [0.15, 0.2) is 23.2 Å². The molecule has 0 radical (unpaired) electrons. The van der Waals surface area contributed by atoms with E-state index in [0.29, 0.717) is 5.56 Å². The van der Waals surface area contributed by atoms with Crippen molar-refractivity contribution in [2.24, 2.45) is 0 Å². The largest absolute Gasteiger partial charge is 0.462 e. The molecule has 0 saturated heterocycles. The Morgan fingerprint density at radius 1 is 0.800 bits per heavy atom. The molecule has 0 bridgehead atoms.